The van der Waals surface area contributed by atoms with Crippen molar-refractivity contribution in [2.24, 2.45) is 0 Å². The summed E-state index contributed by atoms with van der Waals surface area (Å²) in [6, 6.07) is 8.60. The molecule has 1 fully saturated rings. The predicted octanol–water partition coefficient (Wildman–Crippen LogP) is 2.33. The first kappa shape index (κ1) is 13.9. The molecule has 1 aromatic heterocycles. The molecule has 4 nitrogen and oxygen atoms in total. The van der Waals surface area contributed by atoms with Crippen molar-refractivity contribution in [3.63, 3.8) is 0 Å². The van der Waals surface area contributed by atoms with Crippen LogP contribution in [0.25, 0.3) is 0 Å². The minimum atomic E-state index is -0.179. The zero-order valence-electron chi connectivity index (χ0n) is 12.0. The van der Waals surface area contributed by atoms with E-state index < -0.39 is 0 Å². The summed E-state index contributed by atoms with van der Waals surface area (Å²) in [5.41, 5.74) is 1.15. The highest BCUT2D eigenvalue weighted by Gasteiger charge is 2.16. The lowest BCUT2D eigenvalue weighted by Gasteiger charge is -2.21. The van der Waals surface area contributed by atoms with E-state index in [1.165, 1.54) is 12.1 Å². The number of aromatic nitrogens is 2. The second-order valence-electron chi connectivity index (χ2n) is 5.29. The Kier molecular flexibility index (Phi) is 4.40. The van der Waals surface area contributed by atoms with Gasteiger partial charge in [0.25, 0.3) is 0 Å². The smallest absolute Gasteiger partial charge is 0.225 e. The van der Waals surface area contributed by atoms with Crippen LogP contribution in [0.3, 0.4) is 0 Å². The lowest BCUT2D eigenvalue weighted by Crippen LogP contribution is -2.31. The largest absolute Gasteiger partial charge is 0.339 e. The van der Waals surface area contributed by atoms with Crippen LogP contribution in [0.1, 0.15) is 12.0 Å². The van der Waals surface area contributed by atoms with Gasteiger partial charge in [0.1, 0.15) is 5.82 Å². The second kappa shape index (κ2) is 6.63. The maximum atomic E-state index is 12.9. The normalized spacial score (nSPS) is 16.7. The Morgan fingerprint density at radius 3 is 2.48 bits per heavy atom. The molecule has 2 heterocycles. The summed E-state index contributed by atoms with van der Waals surface area (Å²) >= 11 is 0. The van der Waals surface area contributed by atoms with Crippen molar-refractivity contribution in [2.75, 3.05) is 31.1 Å². The maximum Gasteiger partial charge on any atom is 0.225 e. The highest BCUT2D eigenvalue weighted by atomic mass is 19.1. The van der Waals surface area contributed by atoms with Crippen molar-refractivity contribution in [1.29, 1.82) is 0 Å². The molecule has 3 rings (SSSR count). The Morgan fingerprint density at radius 2 is 1.71 bits per heavy atom. The van der Waals surface area contributed by atoms with Gasteiger partial charge in [-0.1, -0.05) is 12.1 Å². The molecule has 21 heavy (non-hydrogen) atoms. The number of anilines is 1. The number of halogens is 1. The summed E-state index contributed by atoms with van der Waals surface area (Å²) in [4.78, 5) is 13.3. The molecule has 0 unspecified atom stereocenters. The molecule has 1 aromatic carbocycles. The van der Waals surface area contributed by atoms with Crippen molar-refractivity contribution in [3.05, 3.63) is 54.1 Å². The molecule has 1 aliphatic heterocycles. The molecular formula is C16H19FN4. The fourth-order valence-corrected chi connectivity index (χ4v) is 2.63. The highest BCUT2D eigenvalue weighted by molar-refractivity contribution is 5.28. The molecule has 0 radical (unpaired) electrons. The summed E-state index contributed by atoms with van der Waals surface area (Å²) in [5.74, 6) is 0.628. The zero-order valence-corrected chi connectivity index (χ0v) is 12.0. The molecule has 5 heteroatoms. The van der Waals surface area contributed by atoms with Gasteiger partial charge in [0.05, 0.1) is 0 Å². The van der Waals surface area contributed by atoms with E-state index in [0.29, 0.717) is 0 Å². The van der Waals surface area contributed by atoms with Gasteiger partial charge in [-0.15, -0.1) is 0 Å². The first-order valence-corrected chi connectivity index (χ1v) is 7.30. The summed E-state index contributed by atoms with van der Waals surface area (Å²) in [6.45, 7) is 4.77. The van der Waals surface area contributed by atoms with E-state index in [2.05, 4.69) is 19.8 Å². The molecule has 1 aliphatic rings. The predicted molar refractivity (Wildman–Crippen MR) is 80.5 cm³/mol. The highest BCUT2D eigenvalue weighted by Crippen LogP contribution is 2.13. The Hall–Kier alpha value is -2.01. The molecule has 0 atom stereocenters. The van der Waals surface area contributed by atoms with E-state index in [9.17, 15) is 4.39 Å². The van der Waals surface area contributed by atoms with Crippen LogP contribution in [0, 0.1) is 5.82 Å². The van der Waals surface area contributed by atoms with Gasteiger partial charge in [-0.05, 0) is 30.2 Å². The molecule has 0 saturated carbocycles. The average Bonchev–Trinajstić information content (AvgIpc) is 2.76. The van der Waals surface area contributed by atoms with Crippen molar-refractivity contribution < 1.29 is 4.39 Å². The minimum absolute atomic E-state index is 0.179. The molecule has 0 N–H and O–H groups in total. The SMILES string of the molecule is Fc1ccc(CN2CCCN(c3ncccn3)CC2)cc1. The third kappa shape index (κ3) is 3.76. The molecular weight excluding hydrogens is 267 g/mol. The first-order chi connectivity index (χ1) is 10.3. The Balaban J connectivity index is 1.59. The lowest BCUT2D eigenvalue weighted by molar-refractivity contribution is 0.285. The number of benzene rings is 1. The minimum Gasteiger partial charge on any atom is -0.339 e. The van der Waals surface area contributed by atoms with Crippen molar-refractivity contribution in [3.8, 4) is 0 Å². The van der Waals surface area contributed by atoms with E-state index >= 15 is 0 Å². The zero-order chi connectivity index (χ0) is 14.5. The molecule has 0 aliphatic carbocycles. The van der Waals surface area contributed by atoms with Crippen LogP contribution in [0.5, 0.6) is 0 Å². The van der Waals surface area contributed by atoms with Gasteiger partial charge in [-0.3, -0.25) is 4.90 Å². The molecule has 1 saturated heterocycles. The Bertz CT molecular complexity index is 558. The molecule has 2 aromatic rings. The van der Waals surface area contributed by atoms with Crippen LogP contribution < -0.4 is 4.90 Å². The number of hydrogen-bond donors (Lipinski definition) is 0. The fraction of sp³-hybridized carbons (Fsp3) is 0.375. The van der Waals surface area contributed by atoms with Crippen molar-refractivity contribution >= 4 is 5.95 Å². The van der Waals surface area contributed by atoms with Crippen molar-refractivity contribution in [1.82, 2.24) is 14.9 Å². The van der Waals surface area contributed by atoms with E-state index in [4.69, 9.17) is 0 Å². The second-order valence-corrected chi connectivity index (χ2v) is 5.29. The first-order valence-electron chi connectivity index (χ1n) is 7.30. The Morgan fingerprint density at radius 1 is 0.952 bits per heavy atom. The maximum absolute atomic E-state index is 12.9. The van der Waals surface area contributed by atoms with Gasteiger partial charge in [-0.25, -0.2) is 14.4 Å². The van der Waals surface area contributed by atoms with Gasteiger partial charge < -0.3 is 4.90 Å². The van der Waals surface area contributed by atoms with E-state index in [1.54, 1.807) is 12.4 Å². The molecule has 110 valence electrons. The van der Waals surface area contributed by atoms with Gasteiger partial charge in [0.15, 0.2) is 0 Å². The molecule has 0 bridgehead atoms. The van der Waals surface area contributed by atoms with E-state index in [0.717, 1.165) is 50.7 Å². The summed E-state index contributed by atoms with van der Waals surface area (Å²) in [6.07, 6.45) is 4.65. The van der Waals surface area contributed by atoms with E-state index in [1.807, 2.05) is 18.2 Å². The van der Waals surface area contributed by atoms with Gasteiger partial charge in [-0.2, -0.15) is 0 Å². The van der Waals surface area contributed by atoms with Crippen LogP contribution in [0.15, 0.2) is 42.7 Å². The quantitative estimate of drug-likeness (QED) is 0.867. The monoisotopic (exact) mass is 286 g/mol. The average molecular weight is 286 g/mol. The van der Waals surface area contributed by atoms with Gasteiger partial charge in [0.2, 0.25) is 5.95 Å². The van der Waals surface area contributed by atoms with Crippen molar-refractivity contribution in [2.45, 2.75) is 13.0 Å². The topological polar surface area (TPSA) is 32.3 Å². The van der Waals surface area contributed by atoms with Crippen LogP contribution in [-0.2, 0) is 6.54 Å². The van der Waals surface area contributed by atoms with Crippen LogP contribution in [0.4, 0.5) is 10.3 Å². The number of hydrogen-bond acceptors (Lipinski definition) is 4. The third-order valence-electron chi connectivity index (χ3n) is 3.74. The van der Waals surface area contributed by atoms with Gasteiger partial charge in [0, 0.05) is 45.1 Å². The lowest BCUT2D eigenvalue weighted by atomic mass is 10.2. The summed E-state index contributed by atoms with van der Waals surface area (Å²) in [7, 11) is 0. The third-order valence-corrected chi connectivity index (χ3v) is 3.74. The van der Waals surface area contributed by atoms with Crippen LogP contribution in [0.2, 0.25) is 0 Å². The standard InChI is InChI=1S/C16H19FN4/c17-15-5-3-14(4-6-15)13-20-9-2-10-21(12-11-20)16-18-7-1-8-19-16/h1,3-8H,2,9-13H2. The summed E-state index contributed by atoms with van der Waals surface area (Å²) < 4.78 is 12.9. The number of rotatable bonds is 3. The van der Waals surface area contributed by atoms with Gasteiger partial charge >= 0.3 is 0 Å². The van der Waals surface area contributed by atoms with E-state index in [-0.39, 0.29) is 5.82 Å². The Labute approximate surface area is 124 Å². The molecule has 0 amide bonds. The van der Waals surface area contributed by atoms with Crippen LogP contribution >= 0.6 is 0 Å². The number of nitrogens with zero attached hydrogens (tertiary/aromatic N) is 4. The molecule has 0 spiro atoms. The fourth-order valence-electron chi connectivity index (χ4n) is 2.63. The summed E-state index contributed by atoms with van der Waals surface area (Å²) in [5, 5.41) is 0. The van der Waals surface area contributed by atoms with Crippen LogP contribution in [-0.4, -0.2) is 41.0 Å².